The molecule has 0 spiro atoms. The van der Waals surface area contributed by atoms with Crippen LogP contribution < -0.4 is 4.74 Å². The Balaban J connectivity index is 2.30. The third-order valence-corrected chi connectivity index (χ3v) is 3.77. The van der Waals surface area contributed by atoms with Crippen LogP contribution in [0.5, 0.6) is 5.75 Å². The molecule has 4 heteroatoms. The Kier molecular flexibility index (Phi) is 4.78. The molecule has 0 radical (unpaired) electrons. The van der Waals surface area contributed by atoms with E-state index in [0.29, 0.717) is 17.7 Å². The Morgan fingerprint density at radius 2 is 2.00 bits per heavy atom. The van der Waals surface area contributed by atoms with E-state index in [9.17, 15) is 9.50 Å². The van der Waals surface area contributed by atoms with Gasteiger partial charge in [-0.05, 0) is 48.4 Å². The fourth-order valence-corrected chi connectivity index (χ4v) is 2.52. The number of methoxy groups -OCH3 is 1. The van der Waals surface area contributed by atoms with Crippen molar-refractivity contribution in [3.63, 3.8) is 0 Å². The van der Waals surface area contributed by atoms with Crippen molar-refractivity contribution in [2.75, 3.05) is 7.11 Å². The summed E-state index contributed by atoms with van der Waals surface area (Å²) in [6.45, 7) is 1.90. The minimum absolute atomic E-state index is 0.293. The number of ether oxygens (including phenoxy) is 1. The van der Waals surface area contributed by atoms with Crippen LogP contribution in [0.3, 0.4) is 0 Å². The van der Waals surface area contributed by atoms with E-state index in [-0.39, 0.29) is 5.82 Å². The Morgan fingerprint density at radius 1 is 1.25 bits per heavy atom. The highest BCUT2D eigenvalue weighted by atomic mass is 79.9. The zero-order valence-corrected chi connectivity index (χ0v) is 12.9. The molecule has 2 aromatic carbocycles. The molecule has 1 atom stereocenters. The van der Waals surface area contributed by atoms with E-state index in [1.54, 1.807) is 19.2 Å². The van der Waals surface area contributed by atoms with E-state index in [4.69, 9.17) is 4.74 Å². The zero-order valence-electron chi connectivity index (χ0n) is 11.4. The summed E-state index contributed by atoms with van der Waals surface area (Å²) in [6, 6.07) is 10.1. The lowest BCUT2D eigenvalue weighted by Gasteiger charge is -2.16. The lowest BCUT2D eigenvalue weighted by molar-refractivity contribution is 0.173. The van der Waals surface area contributed by atoms with Crippen molar-refractivity contribution in [3.8, 4) is 5.75 Å². The number of hydrogen-bond acceptors (Lipinski definition) is 2. The molecule has 1 N–H and O–H groups in total. The minimum atomic E-state index is -0.747. The molecule has 0 aliphatic heterocycles. The summed E-state index contributed by atoms with van der Waals surface area (Å²) in [4.78, 5) is 0. The van der Waals surface area contributed by atoms with Gasteiger partial charge in [0.2, 0.25) is 0 Å². The molecular formula is C16H16BrFO2. The highest BCUT2D eigenvalue weighted by Crippen LogP contribution is 2.31. The van der Waals surface area contributed by atoms with Gasteiger partial charge in [-0.15, -0.1) is 0 Å². The molecule has 0 saturated heterocycles. The highest BCUT2D eigenvalue weighted by molar-refractivity contribution is 9.10. The van der Waals surface area contributed by atoms with Crippen LogP contribution >= 0.6 is 15.9 Å². The van der Waals surface area contributed by atoms with Crippen molar-refractivity contribution >= 4 is 15.9 Å². The normalized spacial score (nSPS) is 12.2. The standard InChI is InChI=1S/C16H16BrFO2/c1-10-3-5-13(18)7-11(10)8-15(19)14-9-12(17)4-6-16(14)20-2/h3-7,9,15,19H,8H2,1-2H3. The minimum Gasteiger partial charge on any atom is -0.496 e. The van der Waals surface area contributed by atoms with Crippen LogP contribution in [0.25, 0.3) is 0 Å². The summed E-state index contributed by atoms with van der Waals surface area (Å²) in [5.41, 5.74) is 2.43. The number of aliphatic hydroxyl groups excluding tert-OH is 1. The predicted molar refractivity (Wildman–Crippen MR) is 80.5 cm³/mol. The second kappa shape index (κ2) is 6.37. The summed E-state index contributed by atoms with van der Waals surface area (Å²) in [5.74, 6) is 0.328. The monoisotopic (exact) mass is 338 g/mol. The lowest BCUT2D eigenvalue weighted by atomic mass is 9.97. The van der Waals surface area contributed by atoms with Crippen LogP contribution in [0.1, 0.15) is 22.8 Å². The van der Waals surface area contributed by atoms with Crippen LogP contribution in [-0.4, -0.2) is 12.2 Å². The predicted octanol–water partition coefficient (Wildman–Crippen LogP) is 4.18. The second-order valence-electron chi connectivity index (χ2n) is 4.68. The maximum Gasteiger partial charge on any atom is 0.124 e. The van der Waals surface area contributed by atoms with Crippen molar-refractivity contribution < 1.29 is 14.2 Å². The lowest BCUT2D eigenvalue weighted by Crippen LogP contribution is -2.05. The molecule has 0 heterocycles. The third-order valence-electron chi connectivity index (χ3n) is 3.28. The topological polar surface area (TPSA) is 29.5 Å². The summed E-state index contributed by atoms with van der Waals surface area (Å²) >= 11 is 3.38. The molecule has 0 bridgehead atoms. The van der Waals surface area contributed by atoms with Crippen LogP contribution in [-0.2, 0) is 6.42 Å². The first-order valence-corrected chi connectivity index (χ1v) is 7.07. The van der Waals surface area contributed by atoms with Gasteiger partial charge in [0.15, 0.2) is 0 Å². The molecule has 0 amide bonds. The van der Waals surface area contributed by atoms with E-state index in [1.165, 1.54) is 12.1 Å². The fourth-order valence-electron chi connectivity index (χ4n) is 2.14. The summed E-state index contributed by atoms with van der Waals surface area (Å²) in [5, 5.41) is 10.4. The Hall–Kier alpha value is -1.39. The maximum atomic E-state index is 13.3. The average Bonchev–Trinajstić information content (AvgIpc) is 2.42. The number of hydrogen-bond donors (Lipinski definition) is 1. The third kappa shape index (κ3) is 3.38. The van der Waals surface area contributed by atoms with E-state index < -0.39 is 6.10 Å². The van der Waals surface area contributed by atoms with Crippen molar-refractivity contribution in [1.29, 1.82) is 0 Å². The first kappa shape index (κ1) is 15.0. The quantitative estimate of drug-likeness (QED) is 0.905. The van der Waals surface area contributed by atoms with Gasteiger partial charge in [0.25, 0.3) is 0 Å². The van der Waals surface area contributed by atoms with Crippen molar-refractivity contribution in [3.05, 3.63) is 63.4 Å². The Bertz CT molecular complexity index is 613. The smallest absolute Gasteiger partial charge is 0.124 e. The van der Waals surface area contributed by atoms with Crippen LogP contribution in [0, 0.1) is 12.7 Å². The van der Waals surface area contributed by atoms with Crippen LogP contribution in [0.15, 0.2) is 40.9 Å². The van der Waals surface area contributed by atoms with Gasteiger partial charge in [0.1, 0.15) is 11.6 Å². The molecule has 0 saturated carbocycles. The number of benzene rings is 2. The molecule has 0 aromatic heterocycles. The van der Waals surface area contributed by atoms with Gasteiger partial charge < -0.3 is 9.84 Å². The molecule has 106 valence electrons. The van der Waals surface area contributed by atoms with Gasteiger partial charge in [-0.1, -0.05) is 22.0 Å². The van der Waals surface area contributed by atoms with E-state index in [1.807, 2.05) is 19.1 Å². The van der Waals surface area contributed by atoms with Gasteiger partial charge in [-0.25, -0.2) is 4.39 Å². The SMILES string of the molecule is COc1ccc(Br)cc1C(O)Cc1cc(F)ccc1C. The van der Waals surface area contributed by atoms with Gasteiger partial charge in [0.05, 0.1) is 13.2 Å². The Labute approximate surface area is 126 Å². The molecule has 0 aliphatic rings. The zero-order chi connectivity index (χ0) is 14.7. The molecule has 2 nitrogen and oxygen atoms in total. The molecular weight excluding hydrogens is 323 g/mol. The first-order chi connectivity index (χ1) is 9.51. The van der Waals surface area contributed by atoms with Gasteiger partial charge >= 0.3 is 0 Å². The first-order valence-electron chi connectivity index (χ1n) is 6.28. The van der Waals surface area contributed by atoms with Gasteiger partial charge in [0, 0.05) is 16.5 Å². The number of halogens is 2. The summed E-state index contributed by atoms with van der Waals surface area (Å²) in [7, 11) is 1.56. The second-order valence-corrected chi connectivity index (χ2v) is 5.59. The van der Waals surface area contributed by atoms with Crippen LogP contribution in [0.4, 0.5) is 4.39 Å². The average molecular weight is 339 g/mol. The molecule has 2 aromatic rings. The van der Waals surface area contributed by atoms with Gasteiger partial charge in [-0.2, -0.15) is 0 Å². The molecule has 20 heavy (non-hydrogen) atoms. The summed E-state index contributed by atoms with van der Waals surface area (Å²) in [6.07, 6.45) is -0.404. The molecule has 2 rings (SSSR count). The molecule has 0 fully saturated rings. The van der Waals surface area contributed by atoms with Crippen molar-refractivity contribution in [1.82, 2.24) is 0 Å². The molecule has 0 aliphatic carbocycles. The molecule has 1 unspecified atom stereocenters. The maximum absolute atomic E-state index is 13.3. The highest BCUT2D eigenvalue weighted by Gasteiger charge is 2.16. The number of aliphatic hydroxyl groups is 1. The van der Waals surface area contributed by atoms with Gasteiger partial charge in [-0.3, -0.25) is 0 Å². The largest absolute Gasteiger partial charge is 0.496 e. The van der Waals surface area contributed by atoms with Crippen molar-refractivity contribution in [2.45, 2.75) is 19.4 Å². The van der Waals surface area contributed by atoms with E-state index in [2.05, 4.69) is 15.9 Å². The van der Waals surface area contributed by atoms with E-state index in [0.717, 1.165) is 15.6 Å². The summed E-state index contributed by atoms with van der Waals surface area (Å²) < 4.78 is 19.4. The number of rotatable bonds is 4. The van der Waals surface area contributed by atoms with Crippen LogP contribution in [0.2, 0.25) is 0 Å². The fraction of sp³-hybridized carbons (Fsp3) is 0.250. The van der Waals surface area contributed by atoms with E-state index >= 15 is 0 Å². The van der Waals surface area contributed by atoms with Crippen molar-refractivity contribution in [2.24, 2.45) is 0 Å². The Morgan fingerprint density at radius 3 is 2.70 bits per heavy atom. The number of aryl methyl sites for hydroxylation is 1.